The van der Waals surface area contributed by atoms with Crippen molar-refractivity contribution >= 4 is 23.1 Å². The number of rotatable bonds is 4. The molecule has 2 aromatic rings. The number of piperidine rings is 1. The van der Waals surface area contributed by atoms with Gasteiger partial charge in [-0.15, -0.1) is 0 Å². The van der Waals surface area contributed by atoms with Gasteiger partial charge in [0, 0.05) is 37.3 Å². The molecule has 2 N–H and O–H groups in total. The summed E-state index contributed by atoms with van der Waals surface area (Å²) in [5.41, 5.74) is 2.38. The van der Waals surface area contributed by atoms with E-state index in [-0.39, 0.29) is 11.8 Å². The van der Waals surface area contributed by atoms with Crippen LogP contribution in [0, 0.1) is 5.82 Å². The number of halogens is 1. The van der Waals surface area contributed by atoms with E-state index in [2.05, 4.69) is 15.5 Å². The zero-order valence-electron chi connectivity index (χ0n) is 14.2. The van der Waals surface area contributed by atoms with E-state index in [0.29, 0.717) is 17.5 Å². The second-order valence-corrected chi connectivity index (χ2v) is 6.06. The first-order valence-electron chi connectivity index (χ1n) is 8.35. The van der Waals surface area contributed by atoms with Gasteiger partial charge in [-0.1, -0.05) is 0 Å². The number of ether oxygens (including phenoxy) is 1. The van der Waals surface area contributed by atoms with Crippen molar-refractivity contribution in [1.29, 1.82) is 0 Å². The third-order valence-corrected chi connectivity index (χ3v) is 4.37. The molecule has 0 aliphatic carbocycles. The molecule has 2 amide bonds. The van der Waals surface area contributed by atoms with Gasteiger partial charge >= 0.3 is 6.03 Å². The lowest BCUT2D eigenvalue weighted by atomic mass is 10.1. The molecule has 0 radical (unpaired) electrons. The van der Waals surface area contributed by atoms with Crippen LogP contribution in [-0.2, 0) is 4.74 Å². The average molecular weight is 343 g/mol. The molecular weight excluding hydrogens is 321 g/mol. The monoisotopic (exact) mass is 343 g/mol. The third kappa shape index (κ3) is 4.70. The van der Waals surface area contributed by atoms with Gasteiger partial charge in [0.2, 0.25) is 0 Å². The van der Waals surface area contributed by atoms with Crippen molar-refractivity contribution in [2.45, 2.75) is 18.9 Å². The van der Waals surface area contributed by atoms with Gasteiger partial charge in [-0.05, 0) is 61.4 Å². The summed E-state index contributed by atoms with van der Waals surface area (Å²) in [6.45, 7) is 1.94. The Balaban J connectivity index is 1.53. The van der Waals surface area contributed by atoms with Crippen molar-refractivity contribution in [3.8, 4) is 0 Å². The maximum absolute atomic E-state index is 12.9. The molecule has 1 saturated heterocycles. The molecule has 1 aliphatic rings. The minimum absolute atomic E-state index is 0.337. The first-order chi connectivity index (χ1) is 12.1. The maximum atomic E-state index is 12.9. The van der Waals surface area contributed by atoms with E-state index in [0.717, 1.165) is 31.6 Å². The molecule has 0 bridgehead atoms. The highest BCUT2D eigenvalue weighted by molar-refractivity contribution is 5.99. The van der Waals surface area contributed by atoms with Crippen LogP contribution in [0.1, 0.15) is 12.8 Å². The van der Waals surface area contributed by atoms with E-state index in [1.165, 1.54) is 24.3 Å². The van der Waals surface area contributed by atoms with Crippen molar-refractivity contribution < 1.29 is 13.9 Å². The normalized spacial score (nSPS) is 15.0. The molecule has 0 unspecified atom stereocenters. The van der Waals surface area contributed by atoms with Crippen molar-refractivity contribution in [1.82, 2.24) is 0 Å². The summed E-state index contributed by atoms with van der Waals surface area (Å²) in [7, 11) is 1.76. The first-order valence-corrected chi connectivity index (χ1v) is 8.35. The van der Waals surface area contributed by atoms with Gasteiger partial charge in [-0.2, -0.15) is 0 Å². The number of carbonyl (C=O) groups is 1. The minimum Gasteiger partial charge on any atom is -0.381 e. The predicted molar refractivity (Wildman–Crippen MR) is 97.7 cm³/mol. The van der Waals surface area contributed by atoms with Crippen LogP contribution in [0.15, 0.2) is 48.5 Å². The Morgan fingerprint density at radius 2 is 1.52 bits per heavy atom. The van der Waals surface area contributed by atoms with Crippen LogP contribution >= 0.6 is 0 Å². The van der Waals surface area contributed by atoms with Gasteiger partial charge < -0.3 is 20.3 Å². The van der Waals surface area contributed by atoms with Crippen LogP contribution in [-0.4, -0.2) is 32.3 Å². The maximum Gasteiger partial charge on any atom is 0.323 e. The number of methoxy groups -OCH3 is 1. The summed E-state index contributed by atoms with van der Waals surface area (Å²) < 4.78 is 18.3. The topological polar surface area (TPSA) is 53.6 Å². The minimum atomic E-state index is -0.361. The number of nitrogens with zero attached hydrogens (tertiary/aromatic N) is 1. The molecule has 0 atom stereocenters. The number of benzene rings is 2. The molecule has 2 aromatic carbocycles. The fourth-order valence-corrected chi connectivity index (χ4v) is 2.93. The van der Waals surface area contributed by atoms with Crippen LogP contribution in [0.4, 0.5) is 26.2 Å². The van der Waals surface area contributed by atoms with Crippen LogP contribution in [0.5, 0.6) is 0 Å². The lowest BCUT2D eigenvalue weighted by Gasteiger charge is -2.33. The van der Waals surface area contributed by atoms with E-state index < -0.39 is 0 Å². The van der Waals surface area contributed by atoms with Crippen LogP contribution < -0.4 is 15.5 Å². The van der Waals surface area contributed by atoms with Gasteiger partial charge in [0.1, 0.15) is 5.82 Å². The highest BCUT2D eigenvalue weighted by atomic mass is 19.1. The Bertz CT molecular complexity index is 696. The highest BCUT2D eigenvalue weighted by Crippen LogP contribution is 2.23. The van der Waals surface area contributed by atoms with Crippen LogP contribution in [0.2, 0.25) is 0 Å². The fraction of sp³-hybridized carbons (Fsp3) is 0.316. The number of anilines is 3. The molecule has 0 saturated carbocycles. The van der Waals surface area contributed by atoms with Crippen molar-refractivity contribution in [3.05, 3.63) is 54.3 Å². The Morgan fingerprint density at radius 3 is 2.04 bits per heavy atom. The molecule has 25 heavy (non-hydrogen) atoms. The summed E-state index contributed by atoms with van der Waals surface area (Å²) >= 11 is 0. The Kier molecular flexibility index (Phi) is 5.50. The lowest BCUT2D eigenvalue weighted by molar-refractivity contribution is 0.0819. The van der Waals surface area contributed by atoms with E-state index in [4.69, 9.17) is 4.74 Å². The summed E-state index contributed by atoms with van der Waals surface area (Å²) in [5.74, 6) is -0.337. The van der Waals surface area contributed by atoms with Crippen molar-refractivity contribution in [2.24, 2.45) is 0 Å². The molecule has 0 spiro atoms. The van der Waals surface area contributed by atoms with E-state index in [9.17, 15) is 9.18 Å². The molecule has 0 aromatic heterocycles. The summed E-state index contributed by atoms with van der Waals surface area (Å²) in [6, 6.07) is 13.0. The number of carbonyl (C=O) groups excluding carboxylic acids is 1. The van der Waals surface area contributed by atoms with Gasteiger partial charge in [0.15, 0.2) is 0 Å². The molecule has 1 fully saturated rings. The van der Waals surface area contributed by atoms with Gasteiger partial charge in [-0.25, -0.2) is 9.18 Å². The molecule has 1 heterocycles. The standard InChI is InChI=1S/C19H22FN3O2/c1-25-18-10-12-23(13-11-18)17-8-6-16(7-9-17)22-19(24)21-15-4-2-14(20)3-5-15/h2-9,18H,10-13H2,1H3,(H2,21,22,24). The predicted octanol–water partition coefficient (Wildman–Crippen LogP) is 4.08. The van der Waals surface area contributed by atoms with E-state index in [1.807, 2.05) is 24.3 Å². The Labute approximate surface area is 146 Å². The molecule has 1 aliphatic heterocycles. The van der Waals surface area contributed by atoms with E-state index in [1.54, 1.807) is 7.11 Å². The molecule has 5 nitrogen and oxygen atoms in total. The van der Waals surface area contributed by atoms with Crippen LogP contribution in [0.25, 0.3) is 0 Å². The quantitative estimate of drug-likeness (QED) is 0.879. The SMILES string of the molecule is COC1CCN(c2ccc(NC(=O)Nc3ccc(F)cc3)cc2)CC1. The summed E-state index contributed by atoms with van der Waals surface area (Å²) in [5, 5.41) is 5.43. The number of urea groups is 1. The number of nitrogens with one attached hydrogen (secondary N) is 2. The van der Waals surface area contributed by atoms with Crippen molar-refractivity contribution in [2.75, 3.05) is 35.7 Å². The average Bonchev–Trinajstić information content (AvgIpc) is 2.64. The third-order valence-electron chi connectivity index (χ3n) is 4.37. The van der Waals surface area contributed by atoms with Gasteiger partial charge in [0.25, 0.3) is 0 Å². The number of hydrogen-bond donors (Lipinski definition) is 2. The molecule has 132 valence electrons. The second kappa shape index (κ2) is 7.98. The molecule has 3 rings (SSSR count). The van der Waals surface area contributed by atoms with E-state index >= 15 is 0 Å². The Morgan fingerprint density at radius 1 is 1.00 bits per heavy atom. The molecular formula is C19H22FN3O2. The van der Waals surface area contributed by atoms with Gasteiger partial charge in [-0.3, -0.25) is 0 Å². The molecule has 6 heteroatoms. The number of amides is 2. The first kappa shape index (κ1) is 17.2. The highest BCUT2D eigenvalue weighted by Gasteiger charge is 2.18. The smallest absolute Gasteiger partial charge is 0.323 e. The second-order valence-electron chi connectivity index (χ2n) is 6.06. The Hall–Kier alpha value is -2.60. The van der Waals surface area contributed by atoms with Crippen molar-refractivity contribution in [3.63, 3.8) is 0 Å². The lowest BCUT2D eigenvalue weighted by Crippen LogP contribution is -2.36. The largest absolute Gasteiger partial charge is 0.381 e. The summed E-state index contributed by atoms with van der Waals surface area (Å²) in [6.07, 6.45) is 2.40. The van der Waals surface area contributed by atoms with Gasteiger partial charge in [0.05, 0.1) is 6.10 Å². The number of hydrogen-bond acceptors (Lipinski definition) is 3. The fourth-order valence-electron chi connectivity index (χ4n) is 2.93. The zero-order valence-corrected chi connectivity index (χ0v) is 14.2. The van der Waals surface area contributed by atoms with Crippen LogP contribution in [0.3, 0.4) is 0 Å². The summed E-state index contributed by atoms with van der Waals surface area (Å²) in [4.78, 5) is 14.3. The zero-order chi connectivity index (χ0) is 17.6.